The fraction of sp³-hybridized carbons (Fsp3) is 0.200. The van der Waals surface area contributed by atoms with Gasteiger partial charge in [-0.3, -0.25) is 4.98 Å². The second-order valence-electron chi connectivity index (χ2n) is 2.99. The summed E-state index contributed by atoms with van der Waals surface area (Å²) in [4.78, 5) is 8.20. The van der Waals surface area contributed by atoms with Crippen molar-refractivity contribution in [2.45, 2.75) is 12.5 Å². The molecule has 3 nitrogen and oxygen atoms in total. The molecule has 0 unspecified atom stereocenters. The van der Waals surface area contributed by atoms with E-state index >= 15 is 0 Å². The van der Waals surface area contributed by atoms with Crippen LogP contribution >= 0.6 is 34.5 Å². The van der Waals surface area contributed by atoms with Crippen LogP contribution in [0.4, 0.5) is 0 Å². The standard InChI is InChI=1S/C10H8Cl2N2OS/c11-2-8-6-16-10(14-8)5-15-9-1-7(12)3-13-4-9/h1,3-4,6H,2,5H2. The third-order valence-corrected chi connectivity index (χ3v) is 3.13. The molecule has 0 N–H and O–H groups in total. The van der Waals surface area contributed by atoms with Crippen molar-refractivity contribution < 1.29 is 4.74 Å². The summed E-state index contributed by atoms with van der Waals surface area (Å²) in [6.07, 6.45) is 3.17. The topological polar surface area (TPSA) is 35.0 Å². The van der Waals surface area contributed by atoms with Gasteiger partial charge in [-0.25, -0.2) is 4.98 Å². The van der Waals surface area contributed by atoms with Crippen molar-refractivity contribution in [2.75, 3.05) is 0 Å². The van der Waals surface area contributed by atoms with Crippen molar-refractivity contribution in [3.05, 3.63) is 39.6 Å². The summed E-state index contributed by atoms with van der Waals surface area (Å²) in [5, 5.41) is 3.36. The van der Waals surface area contributed by atoms with Gasteiger partial charge >= 0.3 is 0 Å². The number of hydrogen-bond donors (Lipinski definition) is 0. The summed E-state index contributed by atoms with van der Waals surface area (Å²) in [6, 6.07) is 1.71. The van der Waals surface area contributed by atoms with Crippen LogP contribution in [0.25, 0.3) is 0 Å². The van der Waals surface area contributed by atoms with Crippen molar-refractivity contribution in [2.24, 2.45) is 0 Å². The third kappa shape index (κ3) is 3.07. The molecule has 0 fully saturated rings. The molecule has 16 heavy (non-hydrogen) atoms. The predicted octanol–water partition coefficient (Wildman–Crippen LogP) is 3.51. The first kappa shape index (κ1) is 11.6. The SMILES string of the molecule is ClCc1csc(COc2cncc(Cl)c2)n1. The highest BCUT2D eigenvalue weighted by Gasteiger charge is 2.02. The zero-order chi connectivity index (χ0) is 11.4. The lowest BCUT2D eigenvalue weighted by atomic mass is 10.4. The molecule has 0 bridgehead atoms. The molecule has 0 aliphatic carbocycles. The van der Waals surface area contributed by atoms with Gasteiger partial charge in [0.1, 0.15) is 17.4 Å². The Morgan fingerprint density at radius 3 is 2.94 bits per heavy atom. The molecule has 6 heteroatoms. The van der Waals surface area contributed by atoms with Crippen LogP contribution in [-0.2, 0) is 12.5 Å². The fourth-order valence-electron chi connectivity index (χ4n) is 1.09. The van der Waals surface area contributed by atoms with Gasteiger partial charge in [-0.2, -0.15) is 0 Å². The number of thiazole rings is 1. The highest BCUT2D eigenvalue weighted by Crippen LogP contribution is 2.18. The molecule has 0 saturated heterocycles. The molecule has 2 heterocycles. The van der Waals surface area contributed by atoms with E-state index in [0.29, 0.717) is 23.3 Å². The molecule has 0 radical (unpaired) electrons. The third-order valence-electron chi connectivity index (χ3n) is 1.78. The van der Waals surface area contributed by atoms with E-state index in [0.717, 1.165) is 10.7 Å². The number of halogens is 2. The van der Waals surface area contributed by atoms with Crippen LogP contribution in [0.15, 0.2) is 23.8 Å². The van der Waals surface area contributed by atoms with Crippen LogP contribution in [0.1, 0.15) is 10.7 Å². The van der Waals surface area contributed by atoms with E-state index in [4.69, 9.17) is 27.9 Å². The number of alkyl halides is 1. The molecular weight excluding hydrogens is 267 g/mol. The van der Waals surface area contributed by atoms with E-state index in [9.17, 15) is 0 Å². The van der Waals surface area contributed by atoms with Crippen LogP contribution < -0.4 is 4.74 Å². The Kier molecular flexibility index (Phi) is 3.98. The molecule has 0 saturated carbocycles. The van der Waals surface area contributed by atoms with Crippen LogP contribution in [0, 0.1) is 0 Å². The van der Waals surface area contributed by atoms with Gasteiger partial charge in [-0.1, -0.05) is 11.6 Å². The maximum atomic E-state index is 5.78. The maximum Gasteiger partial charge on any atom is 0.140 e. The van der Waals surface area contributed by atoms with Crippen LogP contribution in [-0.4, -0.2) is 9.97 Å². The minimum Gasteiger partial charge on any atom is -0.485 e. The van der Waals surface area contributed by atoms with Gasteiger partial charge < -0.3 is 4.74 Å². The van der Waals surface area contributed by atoms with Crippen molar-refractivity contribution >= 4 is 34.5 Å². The molecule has 2 aromatic rings. The van der Waals surface area contributed by atoms with Gasteiger partial charge in [0.25, 0.3) is 0 Å². The molecule has 2 aromatic heterocycles. The number of hydrogen-bond acceptors (Lipinski definition) is 4. The molecule has 0 atom stereocenters. The Hall–Kier alpha value is -0.840. The second-order valence-corrected chi connectivity index (χ2v) is 4.64. The Balaban J connectivity index is 1.96. The van der Waals surface area contributed by atoms with E-state index in [-0.39, 0.29) is 0 Å². The molecule has 84 valence electrons. The van der Waals surface area contributed by atoms with Crippen LogP contribution in [0.5, 0.6) is 5.75 Å². The van der Waals surface area contributed by atoms with Crippen molar-refractivity contribution in [1.82, 2.24) is 9.97 Å². The summed E-state index contributed by atoms with van der Waals surface area (Å²) in [5.74, 6) is 1.06. The Morgan fingerprint density at radius 2 is 2.25 bits per heavy atom. The van der Waals surface area contributed by atoms with Gasteiger partial charge in [-0.05, 0) is 0 Å². The average Bonchev–Trinajstić information content (AvgIpc) is 2.74. The fourth-order valence-corrected chi connectivity index (χ4v) is 2.19. The monoisotopic (exact) mass is 274 g/mol. The quantitative estimate of drug-likeness (QED) is 0.801. The Labute approximate surface area is 107 Å². The first-order valence-corrected chi connectivity index (χ1v) is 6.30. The maximum absolute atomic E-state index is 5.78. The minimum atomic E-state index is 0.406. The van der Waals surface area contributed by atoms with E-state index in [1.165, 1.54) is 11.3 Å². The van der Waals surface area contributed by atoms with Crippen LogP contribution in [0.2, 0.25) is 5.02 Å². The lowest BCUT2D eigenvalue weighted by Crippen LogP contribution is -1.95. The largest absolute Gasteiger partial charge is 0.485 e. The lowest BCUT2D eigenvalue weighted by molar-refractivity contribution is 0.304. The van der Waals surface area contributed by atoms with Gasteiger partial charge in [0, 0.05) is 17.6 Å². The van der Waals surface area contributed by atoms with Crippen molar-refractivity contribution in [3.63, 3.8) is 0 Å². The van der Waals surface area contributed by atoms with Gasteiger partial charge in [0.2, 0.25) is 0 Å². The minimum absolute atomic E-state index is 0.406. The van der Waals surface area contributed by atoms with E-state index in [2.05, 4.69) is 9.97 Å². The number of ether oxygens (including phenoxy) is 1. The van der Waals surface area contributed by atoms with Gasteiger partial charge in [0.05, 0.1) is 22.8 Å². The number of nitrogens with zero attached hydrogens (tertiary/aromatic N) is 2. The predicted molar refractivity (Wildman–Crippen MR) is 65.3 cm³/mol. The summed E-state index contributed by atoms with van der Waals surface area (Å²) in [6.45, 7) is 0.406. The van der Waals surface area contributed by atoms with Crippen LogP contribution in [0.3, 0.4) is 0 Å². The van der Waals surface area contributed by atoms with E-state index in [1.54, 1.807) is 18.5 Å². The summed E-state index contributed by atoms with van der Waals surface area (Å²) in [7, 11) is 0. The number of aromatic nitrogens is 2. The summed E-state index contributed by atoms with van der Waals surface area (Å²) >= 11 is 13.0. The molecule has 2 rings (SSSR count). The molecule has 0 aromatic carbocycles. The number of pyridine rings is 1. The number of rotatable bonds is 4. The molecule has 0 spiro atoms. The lowest BCUT2D eigenvalue weighted by Gasteiger charge is -2.02. The first-order chi connectivity index (χ1) is 7.78. The normalized spacial score (nSPS) is 10.4. The summed E-state index contributed by atoms with van der Waals surface area (Å²) < 4.78 is 5.49. The average molecular weight is 275 g/mol. The molecule has 0 aliphatic heterocycles. The highest BCUT2D eigenvalue weighted by atomic mass is 35.5. The molecule has 0 aliphatic rings. The zero-order valence-electron chi connectivity index (χ0n) is 8.19. The van der Waals surface area contributed by atoms with Gasteiger partial charge in [-0.15, -0.1) is 22.9 Å². The molecular formula is C10H8Cl2N2OS. The Bertz CT molecular complexity index is 475. The van der Waals surface area contributed by atoms with Gasteiger partial charge in [0.15, 0.2) is 0 Å². The second kappa shape index (κ2) is 5.48. The molecule has 0 amide bonds. The van der Waals surface area contributed by atoms with E-state index in [1.807, 2.05) is 5.38 Å². The summed E-state index contributed by atoms with van der Waals surface area (Å²) in [5.41, 5.74) is 0.870. The first-order valence-electron chi connectivity index (χ1n) is 4.50. The zero-order valence-corrected chi connectivity index (χ0v) is 10.5. The highest BCUT2D eigenvalue weighted by molar-refractivity contribution is 7.09. The Morgan fingerprint density at radius 1 is 1.38 bits per heavy atom. The van der Waals surface area contributed by atoms with Crippen molar-refractivity contribution in [3.8, 4) is 5.75 Å². The smallest absolute Gasteiger partial charge is 0.140 e. The van der Waals surface area contributed by atoms with Crippen molar-refractivity contribution in [1.29, 1.82) is 0 Å². The van der Waals surface area contributed by atoms with E-state index < -0.39 is 0 Å².